The summed E-state index contributed by atoms with van der Waals surface area (Å²) in [5, 5.41) is 3.58. The van der Waals surface area contributed by atoms with Crippen LogP contribution in [0.1, 0.15) is 26.6 Å². The Hall–Kier alpha value is -2.60. The summed E-state index contributed by atoms with van der Waals surface area (Å²) in [6.45, 7) is 2.33. The highest BCUT2D eigenvalue weighted by atomic mass is 32.2. The van der Waals surface area contributed by atoms with Gasteiger partial charge in [-0.3, -0.25) is 4.79 Å². The van der Waals surface area contributed by atoms with Crippen LogP contribution in [0.25, 0.3) is 10.2 Å². The third kappa shape index (κ3) is 4.69. The Balaban J connectivity index is 1.80. The number of nitrogens with zero attached hydrogens (tertiary/aromatic N) is 3. The van der Waals surface area contributed by atoms with Crippen molar-refractivity contribution in [2.45, 2.75) is 25.0 Å². The number of fused-ring (bicyclic) bond motifs is 1. The Kier molecular flexibility index (Phi) is 6.90. The molecule has 0 atom stereocenters. The van der Waals surface area contributed by atoms with Crippen LogP contribution in [0.15, 0.2) is 29.2 Å². The summed E-state index contributed by atoms with van der Waals surface area (Å²) in [6, 6.07) is 6.42. The molecule has 3 aromatic rings. The van der Waals surface area contributed by atoms with Gasteiger partial charge in [0.2, 0.25) is 15.9 Å². The van der Waals surface area contributed by atoms with E-state index in [-0.39, 0.29) is 24.0 Å². The molecule has 0 radical (unpaired) electrons. The number of aromatic nitrogens is 2. The number of methoxy groups -OCH3 is 2. The normalized spacial score (nSPS) is 11.8. The van der Waals surface area contributed by atoms with Gasteiger partial charge < -0.3 is 14.8 Å². The molecule has 1 aromatic carbocycles. The van der Waals surface area contributed by atoms with Crippen molar-refractivity contribution in [2.75, 3.05) is 28.3 Å². The van der Waals surface area contributed by atoms with Gasteiger partial charge in [-0.05, 0) is 30.2 Å². The van der Waals surface area contributed by atoms with Crippen LogP contribution in [-0.2, 0) is 27.9 Å². The summed E-state index contributed by atoms with van der Waals surface area (Å²) in [7, 11) is 2.55. The molecule has 0 fully saturated rings. The van der Waals surface area contributed by atoms with Gasteiger partial charge in [0.25, 0.3) is 5.91 Å². The first-order valence-corrected chi connectivity index (χ1v) is 11.6. The lowest BCUT2D eigenvalue weighted by Gasteiger charge is -2.12. The largest absolute Gasteiger partial charge is 0.480 e. The maximum Gasteiger partial charge on any atom is 0.261 e. The van der Waals surface area contributed by atoms with E-state index in [9.17, 15) is 13.2 Å². The number of nitrogens with one attached hydrogen (secondary N) is 1. The lowest BCUT2D eigenvalue weighted by molar-refractivity contribution is 0.0954. The number of aryl methyl sites for hydroxylation is 1. The molecule has 2 aromatic heterocycles. The molecule has 31 heavy (non-hydrogen) atoms. The highest BCUT2D eigenvalue weighted by molar-refractivity contribution is 7.89. The molecule has 11 heteroatoms. The molecule has 166 valence electrons. The second kappa shape index (κ2) is 9.27. The summed E-state index contributed by atoms with van der Waals surface area (Å²) in [5.41, 5.74) is 1.52. The molecule has 0 spiro atoms. The summed E-state index contributed by atoms with van der Waals surface area (Å²) >= 11 is 1.26. The van der Waals surface area contributed by atoms with Crippen molar-refractivity contribution in [2.24, 2.45) is 0 Å². The second-order valence-corrected chi connectivity index (χ2v) is 10.1. The Morgan fingerprint density at radius 3 is 2.42 bits per heavy atom. The molecule has 3 rings (SSSR count). The van der Waals surface area contributed by atoms with Crippen LogP contribution < -0.4 is 10.1 Å². The predicted molar refractivity (Wildman–Crippen MR) is 118 cm³/mol. The van der Waals surface area contributed by atoms with Crippen LogP contribution in [-0.4, -0.2) is 56.9 Å². The van der Waals surface area contributed by atoms with E-state index in [1.807, 2.05) is 6.92 Å². The quantitative estimate of drug-likeness (QED) is 0.545. The molecule has 9 nitrogen and oxygen atoms in total. The minimum absolute atomic E-state index is 0.199. The molecule has 1 N–H and O–H groups in total. The van der Waals surface area contributed by atoms with Gasteiger partial charge in [0.1, 0.15) is 11.4 Å². The molecule has 0 aliphatic heterocycles. The van der Waals surface area contributed by atoms with E-state index in [0.29, 0.717) is 26.8 Å². The van der Waals surface area contributed by atoms with Gasteiger partial charge in [-0.15, -0.1) is 11.3 Å². The van der Waals surface area contributed by atoms with Crippen LogP contribution in [0.3, 0.4) is 0 Å². The topological polar surface area (TPSA) is 111 Å². The average Bonchev–Trinajstić information content (AvgIpc) is 3.08. The van der Waals surface area contributed by atoms with E-state index in [0.717, 1.165) is 15.4 Å². The molecule has 0 bridgehead atoms. The van der Waals surface area contributed by atoms with E-state index in [1.165, 1.54) is 44.7 Å². The SMILES string of the molecule is COCc1nc(OC)c2c(C)c(C(=O)NCc3ccc(S(=O)(=O)N(C)C)cc3)sc2n1. The zero-order chi connectivity index (χ0) is 22.8. The van der Waals surface area contributed by atoms with E-state index in [1.54, 1.807) is 19.2 Å². The molecule has 0 saturated carbocycles. The zero-order valence-corrected chi connectivity index (χ0v) is 19.6. The molecule has 2 heterocycles. The van der Waals surface area contributed by atoms with Crippen molar-refractivity contribution < 1.29 is 22.7 Å². The lowest BCUT2D eigenvalue weighted by atomic mass is 10.2. The lowest BCUT2D eigenvalue weighted by Crippen LogP contribution is -2.23. The van der Waals surface area contributed by atoms with Crippen molar-refractivity contribution in [3.05, 3.63) is 46.1 Å². The van der Waals surface area contributed by atoms with Crippen LogP contribution in [0.5, 0.6) is 5.88 Å². The van der Waals surface area contributed by atoms with Gasteiger partial charge in [-0.2, -0.15) is 4.98 Å². The number of rotatable bonds is 8. The smallest absolute Gasteiger partial charge is 0.261 e. The summed E-state index contributed by atoms with van der Waals surface area (Å²) in [5.74, 6) is 0.635. The molecule has 0 saturated heterocycles. The van der Waals surface area contributed by atoms with E-state index in [4.69, 9.17) is 9.47 Å². The molecule has 0 aliphatic carbocycles. The Bertz CT molecular complexity index is 1200. The molecular weight excluding hydrogens is 440 g/mol. The predicted octanol–water partition coefficient (Wildman–Crippen LogP) is 2.34. The van der Waals surface area contributed by atoms with Crippen LogP contribution >= 0.6 is 11.3 Å². The van der Waals surface area contributed by atoms with Gasteiger partial charge in [-0.1, -0.05) is 12.1 Å². The van der Waals surface area contributed by atoms with Crippen LogP contribution in [0, 0.1) is 6.92 Å². The number of sulfonamides is 1. The maximum absolute atomic E-state index is 12.8. The zero-order valence-electron chi connectivity index (χ0n) is 17.9. The van der Waals surface area contributed by atoms with Crippen LogP contribution in [0.2, 0.25) is 0 Å². The van der Waals surface area contributed by atoms with Crippen molar-refractivity contribution >= 4 is 37.5 Å². The fourth-order valence-electron chi connectivity index (χ4n) is 2.95. The van der Waals surface area contributed by atoms with Crippen molar-refractivity contribution in [3.63, 3.8) is 0 Å². The minimum atomic E-state index is -3.49. The van der Waals surface area contributed by atoms with Gasteiger partial charge in [0.15, 0.2) is 5.82 Å². The van der Waals surface area contributed by atoms with Gasteiger partial charge in [-0.25, -0.2) is 17.7 Å². The van der Waals surface area contributed by atoms with Crippen molar-refractivity contribution in [1.29, 1.82) is 0 Å². The van der Waals surface area contributed by atoms with E-state index < -0.39 is 10.0 Å². The highest BCUT2D eigenvalue weighted by Gasteiger charge is 2.21. The molecule has 0 unspecified atom stereocenters. The van der Waals surface area contributed by atoms with E-state index >= 15 is 0 Å². The first-order chi connectivity index (χ1) is 14.7. The average molecular weight is 465 g/mol. The van der Waals surface area contributed by atoms with Gasteiger partial charge in [0, 0.05) is 27.7 Å². The second-order valence-electron chi connectivity index (χ2n) is 6.93. The third-order valence-corrected chi connectivity index (χ3v) is 7.65. The molecule has 1 amide bonds. The Morgan fingerprint density at radius 2 is 1.84 bits per heavy atom. The fourth-order valence-corrected chi connectivity index (χ4v) is 4.96. The first-order valence-electron chi connectivity index (χ1n) is 9.31. The number of amides is 1. The number of hydrogen-bond acceptors (Lipinski definition) is 8. The number of carbonyl (C=O) groups excluding carboxylic acids is 1. The molecular formula is C20H24N4O5S2. The fraction of sp³-hybridized carbons (Fsp3) is 0.350. The van der Waals surface area contributed by atoms with Crippen molar-refractivity contribution in [3.8, 4) is 5.88 Å². The number of hydrogen-bond donors (Lipinski definition) is 1. The highest BCUT2D eigenvalue weighted by Crippen LogP contribution is 2.35. The monoisotopic (exact) mass is 464 g/mol. The van der Waals surface area contributed by atoms with Gasteiger partial charge >= 0.3 is 0 Å². The Morgan fingerprint density at radius 1 is 1.16 bits per heavy atom. The maximum atomic E-state index is 12.8. The van der Waals surface area contributed by atoms with Crippen LogP contribution in [0.4, 0.5) is 0 Å². The molecule has 0 aliphatic rings. The number of carbonyl (C=O) groups is 1. The summed E-state index contributed by atoms with van der Waals surface area (Å²) in [6.07, 6.45) is 0. The number of benzene rings is 1. The first kappa shape index (κ1) is 23.1. The standard InChI is InChI=1S/C20H24N4O5S2/c1-12-16-19(29-5)22-15(11-28-4)23-20(16)30-17(12)18(25)21-10-13-6-8-14(9-7-13)31(26,27)24(2)3/h6-9H,10-11H2,1-5H3,(H,21,25). The number of ether oxygens (including phenoxy) is 2. The van der Waals surface area contributed by atoms with Crippen molar-refractivity contribution in [1.82, 2.24) is 19.6 Å². The Labute approximate surface area is 185 Å². The summed E-state index contributed by atoms with van der Waals surface area (Å²) < 4.78 is 36.0. The summed E-state index contributed by atoms with van der Waals surface area (Å²) in [4.78, 5) is 23.0. The van der Waals surface area contributed by atoms with Gasteiger partial charge in [0.05, 0.1) is 22.3 Å². The van der Waals surface area contributed by atoms with E-state index in [2.05, 4.69) is 15.3 Å². The number of thiophene rings is 1. The minimum Gasteiger partial charge on any atom is -0.480 e. The third-order valence-electron chi connectivity index (χ3n) is 4.63.